The Kier molecular flexibility index (Phi) is 4.34. The first kappa shape index (κ1) is 16.5. The number of nitrogens with zero attached hydrogens (tertiary/aromatic N) is 4. The molecule has 0 fully saturated rings. The van der Waals surface area contributed by atoms with E-state index in [4.69, 9.17) is 10.5 Å². The van der Waals surface area contributed by atoms with E-state index in [-0.39, 0.29) is 12.5 Å². The zero-order chi connectivity index (χ0) is 17.2. The van der Waals surface area contributed by atoms with Gasteiger partial charge in [-0.3, -0.25) is 0 Å². The number of ether oxygens (including phenoxy) is 1. The van der Waals surface area contributed by atoms with Crippen molar-refractivity contribution in [3.05, 3.63) is 12.5 Å². The standard InChI is InChI=1S/C13H18N6O4/c1-13(2,3)23-12(22)17-8(10(20)21)5-19-6-16-7-4-15-11(14)18-9(7)19/h4,6,8H,5H2,1-3H3,(H,17,22)(H,20,21)(H2,14,15,18). The van der Waals surface area contributed by atoms with Crippen molar-refractivity contribution in [2.45, 2.75) is 39.0 Å². The lowest BCUT2D eigenvalue weighted by Gasteiger charge is -2.22. The number of carbonyl (C=O) groups is 2. The summed E-state index contributed by atoms with van der Waals surface area (Å²) in [5.74, 6) is -1.16. The van der Waals surface area contributed by atoms with Gasteiger partial charge >= 0.3 is 12.1 Å². The van der Waals surface area contributed by atoms with Crippen LogP contribution >= 0.6 is 0 Å². The molecule has 23 heavy (non-hydrogen) atoms. The number of imidazole rings is 1. The third kappa shape index (κ3) is 4.28. The molecule has 2 rings (SSSR count). The Labute approximate surface area is 131 Å². The first-order valence-corrected chi connectivity index (χ1v) is 6.81. The molecule has 1 unspecified atom stereocenters. The van der Waals surface area contributed by atoms with E-state index in [0.717, 1.165) is 0 Å². The number of aliphatic carboxylic acids is 1. The molecule has 0 aliphatic heterocycles. The SMILES string of the molecule is CC(C)(C)OC(=O)NC(Cn1cnc2cnc(N)nc21)C(=O)O. The fourth-order valence-corrected chi connectivity index (χ4v) is 1.83. The van der Waals surface area contributed by atoms with Crippen LogP contribution in [-0.4, -0.2) is 48.3 Å². The summed E-state index contributed by atoms with van der Waals surface area (Å²) in [5, 5.41) is 11.6. The number of fused-ring (bicyclic) bond motifs is 1. The van der Waals surface area contributed by atoms with E-state index in [9.17, 15) is 14.7 Å². The van der Waals surface area contributed by atoms with Crippen molar-refractivity contribution in [1.29, 1.82) is 0 Å². The quantitative estimate of drug-likeness (QED) is 0.732. The number of carboxylic acid groups (broad SMARTS) is 1. The monoisotopic (exact) mass is 322 g/mol. The first-order valence-electron chi connectivity index (χ1n) is 6.81. The van der Waals surface area contributed by atoms with E-state index < -0.39 is 23.7 Å². The van der Waals surface area contributed by atoms with Crippen LogP contribution in [0.3, 0.4) is 0 Å². The van der Waals surface area contributed by atoms with Crippen LogP contribution in [0.15, 0.2) is 12.5 Å². The molecule has 0 aromatic carbocycles. The van der Waals surface area contributed by atoms with Crippen LogP contribution in [0.2, 0.25) is 0 Å². The molecule has 10 heteroatoms. The van der Waals surface area contributed by atoms with Crippen LogP contribution in [0.25, 0.3) is 11.2 Å². The molecule has 0 bridgehead atoms. The predicted octanol–water partition coefficient (Wildman–Crippen LogP) is 0.386. The van der Waals surface area contributed by atoms with Crippen molar-refractivity contribution < 1.29 is 19.4 Å². The van der Waals surface area contributed by atoms with Gasteiger partial charge in [0, 0.05) is 0 Å². The molecule has 0 aliphatic rings. The minimum absolute atomic E-state index is 0.0474. The Hall–Kier alpha value is -2.91. The molecule has 2 aromatic rings. The van der Waals surface area contributed by atoms with Gasteiger partial charge in [-0.2, -0.15) is 4.98 Å². The fourth-order valence-electron chi connectivity index (χ4n) is 1.83. The minimum Gasteiger partial charge on any atom is -0.480 e. The van der Waals surface area contributed by atoms with Gasteiger partial charge < -0.3 is 25.5 Å². The molecule has 0 saturated carbocycles. The average Bonchev–Trinajstić information content (AvgIpc) is 2.78. The lowest BCUT2D eigenvalue weighted by atomic mass is 10.2. The lowest BCUT2D eigenvalue weighted by Crippen LogP contribution is -2.45. The summed E-state index contributed by atoms with van der Waals surface area (Å²) in [5.41, 5.74) is 5.65. The number of alkyl carbamates (subject to hydrolysis) is 1. The molecule has 1 amide bonds. The number of hydrogen-bond acceptors (Lipinski definition) is 7. The Bertz CT molecular complexity index is 736. The summed E-state index contributed by atoms with van der Waals surface area (Å²) in [6.07, 6.45) is 2.03. The third-order valence-electron chi connectivity index (χ3n) is 2.75. The highest BCUT2D eigenvalue weighted by Crippen LogP contribution is 2.11. The summed E-state index contributed by atoms with van der Waals surface area (Å²) < 4.78 is 6.54. The van der Waals surface area contributed by atoms with Gasteiger partial charge in [0.15, 0.2) is 5.65 Å². The summed E-state index contributed by atoms with van der Waals surface area (Å²) in [6.45, 7) is 4.98. The highest BCUT2D eigenvalue weighted by molar-refractivity contribution is 5.80. The second-order valence-electron chi connectivity index (χ2n) is 5.87. The number of anilines is 1. The first-order chi connectivity index (χ1) is 10.7. The molecule has 2 heterocycles. The number of aromatic nitrogens is 4. The molecular formula is C13H18N6O4. The molecule has 124 valence electrons. The second-order valence-corrected chi connectivity index (χ2v) is 5.87. The average molecular weight is 322 g/mol. The maximum Gasteiger partial charge on any atom is 0.408 e. The van der Waals surface area contributed by atoms with Crippen molar-refractivity contribution in [1.82, 2.24) is 24.8 Å². The van der Waals surface area contributed by atoms with Crippen LogP contribution in [0.5, 0.6) is 0 Å². The molecule has 0 spiro atoms. The Morgan fingerprint density at radius 3 is 2.74 bits per heavy atom. The number of carboxylic acids is 1. The molecule has 1 atom stereocenters. The van der Waals surface area contributed by atoms with Crippen LogP contribution in [0.4, 0.5) is 10.7 Å². The largest absolute Gasteiger partial charge is 0.480 e. The Morgan fingerprint density at radius 1 is 1.43 bits per heavy atom. The lowest BCUT2D eigenvalue weighted by molar-refractivity contribution is -0.139. The summed E-state index contributed by atoms with van der Waals surface area (Å²) >= 11 is 0. The van der Waals surface area contributed by atoms with Crippen LogP contribution in [0, 0.1) is 0 Å². The maximum absolute atomic E-state index is 11.8. The number of amides is 1. The van der Waals surface area contributed by atoms with Crippen molar-refractivity contribution in [3.8, 4) is 0 Å². The smallest absolute Gasteiger partial charge is 0.408 e. The molecule has 10 nitrogen and oxygen atoms in total. The van der Waals surface area contributed by atoms with Crippen molar-refractivity contribution in [2.24, 2.45) is 0 Å². The number of rotatable bonds is 4. The van der Waals surface area contributed by atoms with Gasteiger partial charge in [-0.05, 0) is 20.8 Å². The van der Waals surface area contributed by atoms with Gasteiger partial charge in [0.1, 0.15) is 17.2 Å². The minimum atomic E-state index is -1.21. The van der Waals surface area contributed by atoms with E-state index in [1.54, 1.807) is 20.8 Å². The highest BCUT2D eigenvalue weighted by Gasteiger charge is 2.25. The van der Waals surface area contributed by atoms with Gasteiger partial charge in [0.2, 0.25) is 5.95 Å². The van der Waals surface area contributed by atoms with Gasteiger partial charge in [0.05, 0.1) is 19.1 Å². The van der Waals surface area contributed by atoms with Gasteiger partial charge in [-0.1, -0.05) is 0 Å². The van der Waals surface area contributed by atoms with E-state index in [1.165, 1.54) is 17.1 Å². The van der Waals surface area contributed by atoms with E-state index in [1.807, 2.05) is 0 Å². The van der Waals surface area contributed by atoms with Crippen molar-refractivity contribution in [3.63, 3.8) is 0 Å². The van der Waals surface area contributed by atoms with E-state index in [2.05, 4.69) is 20.3 Å². The molecule has 0 saturated heterocycles. The van der Waals surface area contributed by atoms with E-state index in [0.29, 0.717) is 11.2 Å². The zero-order valence-electron chi connectivity index (χ0n) is 13.0. The van der Waals surface area contributed by atoms with Gasteiger partial charge in [0.25, 0.3) is 0 Å². The van der Waals surface area contributed by atoms with Crippen LogP contribution < -0.4 is 11.1 Å². The summed E-state index contributed by atoms with van der Waals surface area (Å²) in [4.78, 5) is 35.0. The summed E-state index contributed by atoms with van der Waals surface area (Å²) in [7, 11) is 0. The number of carbonyl (C=O) groups excluding carboxylic acids is 1. The topological polar surface area (TPSA) is 145 Å². The summed E-state index contributed by atoms with van der Waals surface area (Å²) in [6, 6.07) is -1.21. The number of nitrogen functional groups attached to an aromatic ring is 1. The molecular weight excluding hydrogens is 304 g/mol. The molecule has 4 N–H and O–H groups in total. The molecule has 0 radical (unpaired) electrons. The zero-order valence-corrected chi connectivity index (χ0v) is 13.0. The maximum atomic E-state index is 11.8. The van der Waals surface area contributed by atoms with Crippen molar-refractivity contribution >= 4 is 29.2 Å². The predicted molar refractivity (Wildman–Crippen MR) is 80.5 cm³/mol. The van der Waals surface area contributed by atoms with Crippen LogP contribution in [0.1, 0.15) is 20.8 Å². The van der Waals surface area contributed by atoms with Crippen molar-refractivity contribution in [2.75, 3.05) is 5.73 Å². The number of nitrogens with two attached hydrogens (primary N) is 1. The molecule has 0 aliphatic carbocycles. The third-order valence-corrected chi connectivity index (χ3v) is 2.75. The van der Waals surface area contributed by atoms with Crippen LogP contribution in [-0.2, 0) is 16.1 Å². The number of nitrogens with one attached hydrogen (secondary N) is 1. The Morgan fingerprint density at radius 2 is 2.13 bits per heavy atom. The second kappa shape index (κ2) is 6.07. The highest BCUT2D eigenvalue weighted by atomic mass is 16.6. The van der Waals surface area contributed by atoms with E-state index >= 15 is 0 Å². The van der Waals surface area contributed by atoms with Gasteiger partial charge in [-0.25, -0.2) is 19.6 Å². The number of hydrogen-bond donors (Lipinski definition) is 3. The normalized spacial score (nSPS) is 12.8. The molecule has 2 aromatic heterocycles. The van der Waals surface area contributed by atoms with Gasteiger partial charge in [-0.15, -0.1) is 0 Å². The fraction of sp³-hybridized carbons (Fsp3) is 0.462. The Balaban J connectivity index is 2.17.